The van der Waals surface area contributed by atoms with E-state index in [0.717, 1.165) is 67.7 Å². The molecule has 0 unspecified atom stereocenters. The van der Waals surface area contributed by atoms with Crippen molar-refractivity contribution in [1.29, 1.82) is 0 Å². The van der Waals surface area contributed by atoms with Crippen LogP contribution in [0.25, 0.3) is 11.4 Å². The minimum atomic E-state index is 0.283. The maximum Gasteiger partial charge on any atom is 0.231 e. The fourth-order valence-electron chi connectivity index (χ4n) is 4.77. The van der Waals surface area contributed by atoms with Gasteiger partial charge in [-0.3, -0.25) is 4.90 Å². The summed E-state index contributed by atoms with van der Waals surface area (Å²) in [6, 6.07) is 25.1. The van der Waals surface area contributed by atoms with Gasteiger partial charge in [0.25, 0.3) is 0 Å². The molecule has 0 saturated carbocycles. The van der Waals surface area contributed by atoms with Crippen molar-refractivity contribution in [2.45, 2.75) is 52.9 Å². The Morgan fingerprint density at radius 1 is 0.865 bits per heavy atom. The topological polar surface area (TPSA) is 48.8 Å². The van der Waals surface area contributed by atoms with Crippen molar-refractivity contribution in [3.63, 3.8) is 0 Å². The second-order valence-corrected chi connectivity index (χ2v) is 9.36. The van der Waals surface area contributed by atoms with Gasteiger partial charge in [0.2, 0.25) is 6.79 Å². The monoisotopic (exact) mass is 497 g/mol. The molecule has 4 aromatic rings. The Labute approximate surface area is 219 Å². The highest BCUT2D eigenvalue weighted by molar-refractivity contribution is 5.56. The number of ether oxygens (including phenoxy) is 3. The number of hydrogen-bond donors (Lipinski definition) is 0. The first kappa shape index (κ1) is 24.9. The summed E-state index contributed by atoms with van der Waals surface area (Å²) < 4.78 is 19.3. The Bertz CT molecular complexity index is 1300. The van der Waals surface area contributed by atoms with Crippen LogP contribution in [0.4, 0.5) is 0 Å². The first-order valence-electron chi connectivity index (χ1n) is 13.2. The summed E-state index contributed by atoms with van der Waals surface area (Å²) >= 11 is 0. The maximum atomic E-state index is 5.77. The Balaban J connectivity index is 1.44. The second kappa shape index (κ2) is 12.0. The quantitative estimate of drug-likeness (QED) is 0.218. The van der Waals surface area contributed by atoms with E-state index in [1.807, 2.05) is 31.3 Å². The van der Waals surface area contributed by atoms with Crippen LogP contribution >= 0.6 is 0 Å². The van der Waals surface area contributed by atoms with Crippen LogP contribution in [0.3, 0.4) is 0 Å². The standard InChI is InChI=1S/C31H35N3O3/c1-3-5-16-34-27(19-32-31(34)26-11-7-6-8-12-26)22-33(20-24-10-9-13-28(17-24)35-4-2)21-25-14-15-29-30(18-25)37-23-36-29/h6-15,17-19H,3-5,16,20-23H2,1-2H3. The molecular formula is C31H35N3O3. The lowest BCUT2D eigenvalue weighted by Gasteiger charge is -2.24. The van der Waals surface area contributed by atoms with Gasteiger partial charge < -0.3 is 18.8 Å². The van der Waals surface area contributed by atoms with Gasteiger partial charge in [0.1, 0.15) is 11.6 Å². The number of unbranched alkanes of at least 4 members (excludes halogenated alkanes) is 1. The van der Waals surface area contributed by atoms with Crippen molar-refractivity contribution >= 4 is 0 Å². The molecule has 3 aromatic carbocycles. The van der Waals surface area contributed by atoms with Gasteiger partial charge in [-0.15, -0.1) is 0 Å². The third-order valence-electron chi connectivity index (χ3n) is 6.55. The highest BCUT2D eigenvalue weighted by Gasteiger charge is 2.18. The number of hydrogen-bond acceptors (Lipinski definition) is 5. The fraction of sp³-hybridized carbons (Fsp3) is 0.323. The largest absolute Gasteiger partial charge is 0.494 e. The summed E-state index contributed by atoms with van der Waals surface area (Å²) in [7, 11) is 0. The van der Waals surface area contributed by atoms with Gasteiger partial charge in [0, 0.05) is 31.7 Å². The summed E-state index contributed by atoms with van der Waals surface area (Å²) in [5.41, 5.74) is 4.77. The number of aromatic nitrogens is 2. The van der Waals surface area contributed by atoms with Crippen molar-refractivity contribution < 1.29 is 14.2 Å². The minimum absolute atomic E-state index is 0.283. The lowest BCUT2D eigenvalue weighted by atomic mass is 10.1. The van der Waals surface area contributed by atoms with Gasteiger partial charge in [-0.2, -0.15) is 0 Å². The molecule has 37 heavy (non-hydrogen) atoms. The van der Waals surface area contributed by atoms with E-state index >= 15 is 0 Å². The number of imidazole rings is 1. The average molecular weight is 498 g/mol. The lowest BCUT2D eigenvalue weighted by Crippen LogP contribution is -2.24. The van der Waals surface area contributed by atoms with Gasteiger partial charge in [-0.05, 0) is 48.7 Å². The molecule has 1 aliphatic heterocycles. The zero-order valence-electron chi connectivity index (χ0n) is 21.7. The molecule has 2 heterocycles. The van der Waals surface area contributed by atoms with E-state index < -0.39 is 0 Å². The molecule has 192 valence electrons. The highest BCUT2D eigenvalue weighted by atomic mass is 16.7. The van der Waals surface area contributed by atoms with Crippen molar-refractivity contribution in [1.82, 2.24) is 14.5 Å². The normalized spacial score (nSPS) is 12.3. The van der Waals surface area contributed by atoms with Crippen LogP contribution in [0.1, 0.15) is 43.5 Å². The van der Waals surface area contributed by atoms with Crippen LogP contribution < -0.4 is 14.2 Å². The SMILES string of the molecule is CCCCn1c(CN(Cc2cccc(OCC)c2)Cc2ccc3c(c2)OCO3)cnc1-c1ccccc1. The van der Waals surface area contributed by atoms with Crippen LogP contribution in [0.2, 0.25) is 0 Å². The first-order valence-corrected chi connectivity index (χ1v) is 13.2. The van der Waals surface area contributed by atoms with E-state index in [0.29, 0.717) is 6.61 Å². The van der Waals surface area contributed by atoms with E-state index in [1.54, 1.807) is 0 Å². The smallest absolute Gasteiger partial charge is 0.231 e. The molecular weight excluding hydrogens is 462 g/mol. The molecule has 0 radical (unpaired) electrons. The summed E-state index contributed by atoms with van der Waals surface area (Å²) in [6.45, 7) is 8.47. The molecule has 0 saturated heterocycles. The molecule has 5 rings (SSSR count). The van der Waals surface area contributed by atoms with Crippen molar-refractivity contribution in [3.05, 3.63) is 95.8 Å². The molecule has 0 N–H and O–H groups in total. The summed E-state index contributed by atoms with van der Waals surface area (Å²) in [6.07, 6.45) is 4.29. The average Bonchev–Trinajstić information content (AvgIpc) is 3.55. The lowest BCUT2D eigenvalue weighted by molar-refractivity contribution is 0.174. The minimum Gasteiger partial charge on any atom is -0.494 e. The van der Waals surface area contributed by atoms with Crippen LogP contribution in [0, 0.1) is 0 Å². The van der Waals surface area contributed by atoms with E-state index in [-0.39, 0.29) is 6.79 Å². The number of benzene rings is 3. The van der Waals surface area contributed by atoms with Gasteiger partial charge in [0.15, 0.2) is 11.5 Å². The Morgan fingerprint density at radius 3 is 2.49 bits per heavy atom. The van der Waals surface area contributed by atoms with E-state index in [9.17, 15) is 0 Å². The van der Waals surface area contributed by atoms with Crippen molar-refractivity contribution in [3.8, 4) is 28.6 Å². The van der Waals surface area contributed by atoms with Crippen LogP contribution in [-0.2, 0) is 26.2 Å². The van der Waals surface area contributed by atoms with E-state index in [2.05, 4.69) is 71.0 Å². The van der Waals surface area contributed by atoms with Gasteiger partial charge in [-0.25, -0.2) is 4.98 Å². The highest BCUT2D eigenvalue weighted by Crippen LogP contribution is 2.33. The summed E-state index contributed by atoms with van der Waals surface area (Å²) in [5, 5.41) is 0. The number of rotatable bonds is 12. The number of nitrogens with zero attached hydrogens (tertiary/aromatic N) is 3. The molecule has 1 aliphatic rings. The molecule has 0 fully saturated rings. The number of fused-ring (bicyclic) bond motifs is 1. The molecule has 0 aliphatic carbocycles. The molecule has 0 amide bonds. The zero-order chi connectivity index (χ0) is 25.5. The molecule has 6 nitrogen and oxygen atoms in total. The second-order valence-electron chi connectivity index (χ2n) is 9.36. The summed E-state index contributed by atoms with van der Waals surface area (Å²) in [5.74, 6) is 3.56. The van der Waals surface area contributed by atoms with E-state index in [4.69, 9.17) is 19.2 Å². The van der Waals surface area contributed by atoms with Crippen LogP contribution in [0.15, 0.2) is 79.0 Å². The molecule has 0 spiro atoms. The van der Waals surface area contributed by atoms with Gasteiger partial charge in [-0.1, -0.05) is 61.9 Å². The predicted molar refractivity (Wildman–Crippen MR) is 146 cm³/mol. The first-order chi connectivity index (χ1) is 18.2. The van der Waals surface area contributed by atoms with Crippen LogP contribution in [0.5, 0.6) is 17.2 Å². The Morgan fingerprint density at radius 2 is 1.68 bits per heavy atom. The van der Waals surface area contributed by atoms with Gasteiger partial charge >= 0.3 is 0 Å². The Hall–Kier alpha value is -3.77. The Kier molecular flexibility index (Phi) is 8.06. The molecule has 1 aromatic heterocycles. The zero-order valence-corrected chi connectivity index (χ0v) is 21.7. The molecule has 0 bridgehead atoms. The van der Waals surface area contributed by atoms with Crippen molar-refractivity contribution in [2.75, 3.05) is 13.4 Å². The van der Waals surface area contributed by atoms with Crippen LogP contribution in [-0.4, -0.2) is 27.9 Å². The maximum absolute atomic E-state index is 5.77. The summed E-state index contributed by atoms with van der Waals surface area (Å²) in [4.78, 5) is 7.33. The third kappa shape index (κ3) is 6.15. The fourth-order valence-corrected chi connectivity index (χ4v) is 4.77. The predicted octanol–water partition coefficient (Wildman–Crippen LogP) is 6.68. The van der Waals surface area contributed by atoms with Crippen molar-refractivity contribution in [2.24, 2.45) is 0 Å². The molecule has 0 atom stereocenters. The third-order valence-corrected chi connectivity index (χ3v) is 6.55. The molecule has 6 heteroatoms. The van der Waals surface area contributed by atoms with E-state index in [1.165, 1.54) is 16.8 Å². The van der Waals surface area contributed by atoms with Gasteiger partial charge in [0.05, 0.1) is 18.5 Å².